The number of fused-ring (bicyclic) bond motifs is 3. The number of ether oxygens (including phenoxy) is 1. The van der Waals surface area contributed by atoms with Crippen molar-refractivity contribution in [3.8, 4) is 22.4 Å². The van der Waals surface area contributed by atoms with Gasteiger partial charge in [-0.3, -0.25) is 4.79 Å². The molecule has 43 heavy (non-hydrogen) atoms. The number of allylic oxidation sites excluding steroid dienone is 1. The Balaban J connectivity index is 1.25. The van der Waals surface area contributed by atoms with Gasteiger partial charge in [0.1, 0.15) is 11.9 Å². The third-order valence-electron chi connectivity index (χ3n) is 9.88. The van der Waals surface area contributed by atoms with Crippen LogP contribution < -0.4 is 5.32 Å². The number of likely N-dealkylation sites (tertiary alicyclic amines) is 1. The third kappa shape index (κ3) is 5.28. The highest BCUT2D eigenvalue weighted by atomic mass is 16.5. The molecule has 2 fully saturated rings. The van der Waals surface area contributed by atoms with Crippen LogP contribution in [0, 0.1) is 17.3 Å². The Hall–Kier alpha value is -3.87. The minimum atomic E-state index is -0.674. The first kappa shape index (κ1) is 29.2. The van der Waals surface area contributed by atoms with Crippen molar-refractivity contribution in [2.45, 2.75) is 78.3 Å². The van der Waals surface area contributed by atoms with Crippen molar-refractivity contribution in [2.75, 3.05) is 13.7 Å². The first-order valence-electron chi connectivity index (χ1n) is 15.6. The van der Waals surface area contributed by atoms with Gasteiger partial charge in [-0.2, -0.15) is 0 Å². The van der Waals surface area contributed by atoms with E-state index >= 15 is 0 Å². The molecule has 2 aromatic carbocycles. The Labute approximate surface area is 255 Å². The van der Waals surface area contributed by atoms with E-state index in [1.54, 1.807) is 5.56 Å². The number of nitrogens with zero attached hydrogens (tertiary/aromatic N) is 2. The lowest BCUT2D eigenvalue weighted by atomic mass is 9.73. The largest absolute Gasteiger partial charge is 0.453 e. The van der Waals surface area contributed by atoms with E-state index in [1.165, 1.54) is 48.6 Å². The van der Waals surface area contributed by atoms with Gasteiger partial charge in [0.05, 0.1) is 25.0 Å². The van der Waals surface area contributed by atoms with E-state index in [4.69, 9.17) is 9.72 Å². The second-order valence-corrected chi connectivity index (χ2v) is 13.9. The number of methoxy groups -OCH3 is 1. The van der Waals surface area contributed by atoms with E-state index in [0.29, 0.717) is 12.5 Å². The van der Waals surface area contributed by atoms with Crippen molar-refractivity contribution < 1.29 is 14.3 Å². The molecule has 4 unspecified atom stereocenters. The van der Waals surface area contributed by atoms with Crippen molar-refractivity contribution in [3.63, 3.8) is 0 Å². The monoisotopic (exact) mass is 580 g/mol. The number of hydrogen-bond acceptors (Lipinski definition) is 4. The predicted octanol–water partition coefficient (Wildman–Crippen LogP) is 7.51. The van der Waals surface area contributed by atoms with Gasteiger partial charge < -0.3 is 19.9 Å². The molecule has 0 bridgehead atoms. The van der Waals surface area contributed by atoms with Crippen LogP contribution in [0.2, 0.25) is 0 Å². The lowest BCUT2D eigenvalue weighted by Crippen LogP contribution is -2.51. The quantitative estimate of drug-likeness (QED) is 0.303. The standard InChI is InChI=1S/C36H44N4O3/c1-20(2)25-14-15-26(31-27-13-12-24(27)16-28(25)31)22-8-10-23(11-9-22)29-18-37-33(38-29)30-17-36(5,6)19-40(30)34(41)32(21(3)4)39-35(42)43-7/h8-11,14-15,18,21,24,27,30,32H,1,12-13,16-17,19H2,2-7H3,(H,37,38)(H,39,42). The Morgan fingerprint density at radius 3 is 2.47 bits per heavy atom. The van der Waals surface area contributed by atoms with Crippen LogP contribution in [0.15, 0.2) is 49.2 Å². The van der Waals surface area contributed by atoms with Gasteiger partial charge in [-0.1, -0.05) is 76.2 Å². The van der Waals surface area contributed by atoms with Crippen molar-refractivity contribution in [1.82, 2.24) is 20.2 Å². The zero-order chi connectivity index (χ0) is 30.6. The van der Waals surface area contributed by atoms with Crippen molar-refractivity contribution >= 4 is 17.6 Å². The summed E-state index contributed by atoms with van der Waals surface area (Å²) < 4.78 is 4.79. The molecule has 3 aromatic rings. The number of aromatic amines is 1. The molecule has 1 aromatic heterocycles. The van der Waals surface area contributed by atoms with Crippen LogP contribution in [-0.4, -0.2) is 46.6 Å². The number of alkyl carbamates (subject to hydrolysis) is 1. The van der Waals surface area contributed by atoms with Gasteiger partial charge in [-0.05, 0) is 89.2 Å². The van der Waals surface area contributed by atoms with E-state index in [0.717, 1.165) is 35.0 Å². The molecular formula is C36H44N4O3. The number of hydrogen-bond donors (Lipinski definition) is 2. The van der Waals surface area contributed by atoms with Gasteiger partial charge in [0.25, 0.3) is 0 Å². The van der Waals surface area contributed by atoms with Crippen LogP contribution in [-0.2, 0) is 16.0 Å². The Kier molecular flexibility index (Phi) is 7.47. The molecule has 7 heteroatoms. The van der Waals surface area contributed by atoms with Crippen LogP contribution in [0.4, 0.5) is 4.79 Å². The molecule has 2 amide bonds. The molecule has 0 radical (unpaired) electrons. The number of aromatic nitrogens is 2. The summed E-state index contributed by atoms with van der Waals surface area (Å²) in [5, 5.41) is 2.74. The Bertz CT molecular complexity index is 1570. The first-order valence-corrected chi connectivity index (χ1v) is 15.6. The maximum atomic E-state index is 13.8. The molecule has 1 saturated carbocycles. The molecule has 2 heterocycles. The molecule has 1 aliphatic heterocycles. The average Bonchev–Trinajstić information content (AvgIpc) is 3.64. The summed E-state index contributed by atoms with van der Waals surface area (Å²) in [4.78, 5) is 35.9. The highest BCUT2D eigenvalue weighted by molar-refractivity contribution is 5.86. The van der Waals surface area contributed by atoms with Gasteiger partial charge in [-0.25, -0.2) is 9.78 Å². The number of benzene rings is 2. The average molecular weight is 581 g/mol. The summed E-state index contributed by atoms with van der Waals surface area (Å²) in [5.41, 5.74) is 10.0. The third-order valence-corrected chi connectivity index (χ3v) is 9.88. The maximum absolute atomic E-state index is 13.8. The molecule has 2 aliphatic carbocycles. The summed E-state index contributed by atoms with van der Waals surface area (Å²) in [7, 11) is 1.31. The fourth-order valence-corrected chi connectivity index (χ4v) is 7.52. The van der Waals surface area contributed by atoms with Crippen molar-refractivity contribution in [1.29, 1.82) is 0 Å². The minimum absolute atomic E-state index is 0.0822. The van der Waals surface area contributed by atoms with E-state index in [-0.39, 0.29) is 23.3 Å². The van der Waals surface area contributed by atoms with Crippen molar-refractivity contribution in [3.05, 3.63) is 71.7 Å². The zero-order valence-corrected chi connectivity index (χ0v) is 26.3. The topological polar surface area (TPSA) is 87.3 Å². The SMILES string of the molecule is C=C(C)c1ccc(-c2ccc(-c3cnc(C4CC(C)(C)CN4C(=O)C(NC(=O)OC)C(C)C)[nH]3)cc2)c2c1CC1CCC21. The van der Waals surface area contributed by atoms with Gasteiger partial charge in [0, 0.05) is 6.54 Å². The predicted molar refractivity (Wildman–Crippen MR) is 170 cm³/mol. The molecular weight excluding hydrogens is 536 g/mol. The molecule has 226 valence electrons. The maximum Gasteiger partial charge on any atom is 0.407 e. The van der Waals surface area contributed by atoms with E-state index in [9.17, 15) is 9.59 Å². The summed E-state index contributed by atoms with van der Waals surface area (Å²) in [5.74, 6) is 2.03. The minimum Gasteiger partial charge on any atom is -0.453 e. The Morgan fingerprint density at radius 2 is 1.84 bits per heavy atom. The molecule has 1 saturated heterocycles. The highest BCUT2D eigenvalue weighted by Gasteiger charge is 2.45. The fourth-order valence-electron chi connectivity index (χ4n) is 7.52. The van der Waals surface area contributed by atoms with Crippen LogP contribution in [0.3, 0.4) is 0 Å². The number of rotatable bonds is 7. The second-order valence-electron chi connectivity index (χ2n) is 13.9. The second kappa shape index (κ2) is 11.0. The van der Waals surface area contributed by atoms with Crippen LogP contribution >= 0.6 is 0 Å². The highest BCUT2D eigenvalue weighted by Crippen LogP contribution is 2.55. The lowest BCUT2D eigenvalue weighted by molar-refractivity contribution is -0.135. The normalized spacial score (nSPS) is 22.5. The molecule has 7 nitrogen and oxygen atoms in total. The van der Waals surface area contributed by atoms with Gasteiger partial charge in [0.15, 0.2) is 0 Å². The number of nitrogens with one attached hydrogen (secondary N) is 2. The molecule has 4 atom stereocenters. The first-order chi connectivity index (χ1) is 20.5. The summed E-state index contributed by atoms with van der Waals surface area (Å²) in [6, 6.07) is 12.4. The van der Waals surface area contributed by atoms with Crippen molar-refractivity contribution in [2.24, 2.45) is 17.3 Å². The van der Waals surface area contributed by atoms with E-state index < -0.39 is 12.1 Å². The number of imidazole rings is 1. The summed E-state index contributed by atoms with van der Waals surface area (Å²) in [6.45, 7) is 15.1. The van der Waals surface area contributed by atoms with Gasteiger partial charge in [-0.15, -0.1) is 0 Å². The van der Waals surface area contributed by atoms with Crippen LogP contribution in [0.25, 0.3) is 28.0 Å². The van der Waals surface area contributed by atoms with Gasteiger partial charge in [0.2, 0.25) is 5.91 Å². The number of carbonyl (C=O) groups excluding carboxylic acids is 2. The van der Waals surface area contributed by atoms with Crippen LogP contribution in [0.1, 0.15) is 88.4 Å². The smallest absolute Gasteiger partial charge is 0.407 e. The zero-order valence-electron chi connectivity index (χ0n) is 26.3. The molecule has 2 N–H and O–H groups in total. The fraction of sp³-hybridized carbons (Fsp3) is 0.472. The van der Waals surface area contributed by atoms with Gasteiger partial charge >= 0.3 is 6.09 Å². The van der Waals surface area contributed by atoms with E-state index in [2.05, 4.69) is 74.0 Å². The number of amides is 2. The van der Waals surface area contributed by atoms with E-state index in [1.807, 2.05) is 24.9 Å². The summed E-state index contributed by atoms with van der Waals surface area (Å²) >= 11 is 0. The van der Waals surface area contributed by atoms with Crippen LogP contribution in [0.5, 0.6) is 0 Å². The lowest BCUT2D eigenvalue weighted by Gasteiger charge is -2.31. The summed E-state index contributed by atoms with van der Waals surface area (Å²) in [6.07, 6.45) is 5.84. The molecule has 0 spiro atoms. The Morgan fingerprint density at radius 1 is 1.12 bits per heavy atom. The molecule has 3 aliphatic rings. The number of H-pyrrole nitrogens is 1. The molecule has 6 rings (SSSR count). The number of carbonyl (C=O) groups is 2.